The quantitative estimate of drug-likeness (QED) is 0.535. The van der Waals surface area contributed by atoms with E-state index in [-0.39, 0.29) is 36.2 Å². The fourth-order valence-corrected chi connectivity index (χ4v) is 7.60. The molecule has 1 unspecified atom stereocenters. The fourth-order valence-electron chi connectivity index (χ4n) is 5.59. The van der Waals surface area contributed by atoms with Crippen LogP contribution in [0.3, 0.4) is 0 Å². The van der Waals surface area contributed by atoms with E-state index in [1.165, 1.54) is 16.7 Å². The molecule has 33 heavy (non-hydrogen) atoms. The second-order valence-corrected chi connectivity index (χ2v) is 10.4. The Balaban J connectivity index is 1.55. The zero-order valence-electron chi connectivity index (χ0n) is 18.3. The number of carbonyl (C=O) groups excluding carboxylic acids is 3. The van der Waals surface area contributed by atoms with E-state index in [0.717, 1.165) is 18.4 Å². The highest BCUT2D eigenvalue weighted by atomic mass is 32.2. The number of ether oxygens (including phenoxy) is 1. The Kier molecular flexibility index (Phi) is 6.05. The van der Waals surface area contributed by atoms with Gasteiger partial charge >= 0.3 is 5.97 Å². The molecule has 4 heterocycles. The molecule has 7 nitrogen and oxygen atoms in total. The summed E-state index contributed by atoms with van der Waals surface area (Å²) < 4.78 is 4.66. The number of carbonyl (C=O) groups is 3. The number of esters is 1. The standard InChI is InChI=1S/C25H28N2O5S/c28-14-13-27-21-23(30)26(16-17-8-3-1-4-9-17)12-7-11-25(21)20(22(27)29)19-18(33-25)10-5-2-6-15-32-24(19)31/h1,3-5,7-11,18-21,28H,2,6,12-16H2/b10-5-/t18-,19+,20+,21?,25+/m1/s1. The second kappa shape index (κ2) is 8.99. The molecule has 0 aromatic heterocycles. The van der Waals surface area contributed by atoms with Gasteiger partial charge in [-0.2, -0.15) is 0 Å². The predicted octanol–water partition coefficient (Wildman–Crippen LogP) is 1.77. The van der Waals surface area contributed by atoms with Crippen molar-refractivity contribution in [2.45, 2.75) is 35.4 Å². The van der Waals surface area contributed by atoms with Gasteiger partial charge in [-0.15, -0.1) is 11.8 Å². The predicted molar refractivity (Wildman–Crippen MR) is 124 cm³/mol. The molecule has 174 valence electrons. The summed E-state index contributed by atoms with van der Waals surface area (Å²) in [6.45, 7) is 0.999. The van der Waals surface area contributed by atoms with Crippen molar-refractivity contribution in [1.29, 1.82) is 0 Å². The Morgan fingerprint density at radius 1 is 1.12 bits per heavy atom. The highest BCUT2D eigenvalue weighted by Crippen LogP contribution is 2.60. The number of aliphatic hydroxyl groups is 1. The van der Waals surface area contributed by atoms with Crippen LogP contribution in [0, 0.1) is 11.8 Å². The molecule has 5 rings (SSSR count). The molecule has 8 heteroatoms. The highest BCUT2D eigenvalue weighted by molar-refractivity contribution is 8.02. The van der Waals surface area contributed by atoms with Crippen LogP contribution in [0.25, 0.3) is 0 Å². The first-order valence-corrected chi connectivity index (χ1v) is 12.4. The molecule has 1 aromatic rings. The molecule has 1 N–H and O–H groups in total. The Hall–Kier alpha value is -2.58. The molecule has 0 radical (unpaired) electrons. The number of cyclic esters (lactones) is 1. The molecule has 1 spiro atoms. The number of nitrogens with zero attached hydrogens (tertiary/aromatic N) is 2. The van der Waals surface area contributed by atoms with E-state index in [1.807, 2.05) is 48.6 Å². The van der Waals surface area contributed by atoms with Crippen LogP contribution in [0.4, 0.5) is 0 Å². The molecule has 2 amide bonds. The lowest BCUT2D eigenvalue weighted by molar-refractivity contribution is -0.153. The van der Waals surface area contributed by atoms with E-state index in [4.69, 9.17) is 4.74 Å². The summed E-state index contributed by atoms with van der Waals surface area (Å²) in [5.41, 5.74) is 1.01. The van der Waals surface area contributed by atoms with Crippen LogP contribution in [-0.2, 0) is 25.7 Å². The maximum absolute atomic E-state index is 13.9. The number of amides is 2. The van der Waals surface area contributed by atoms with Crippen molar-refractivity contribution in [3.05, 3.63) is 60.2 Å². The number of benzene rings is 1. The van der Waals surface area contributed by atoms with Gasteiger partial charge in [-0.05, 0) is 18.4 Å². The number of fused-ring (bicyclic) bond motifs is 2. The van der Waals surface area contributed by atoms with Crippen molar-refractivity contribution in [2.24, 2.45) is 11.8 Å². The van der Waals surface area contributed by atoms with Crippen LogP contribution >= 0.6 is 11.8 Å². The number of rotatable bonds is 4. The maximum atomic E-state index is 13.9. The molecule has 0 saturated carbocycles. The summed E-state index contributed by atoms with van der Waals surface area (Å²) in [4.78, 5) is 44.0. The monoisotopic (exact) mass is 468 g/mol. The number of hydrogen-bond acceptors (Lipinski definition) is 6. The molecule has 2 fully saturated rings. The van der Waals surface area contributed by atoms with Crippen LogP contribution in [-0.4, -0.2) is 75.0 Å². The minimum absolute atomic E-state index is 0.0589. The summed E-state index contributed by atoms with van der Waals surface area (Å²) in [7, 11) is 0. The van der Waals surface area contributed by atoms with Crippen molar-refractivity contribution in [3.63, 3.8) is 0 Å². The number of allylic oxidation sites excluding steroid dienone is 1. The number of β-amino-alcohol motifs (C(OH)–C–C–N with tert-alkyl or cyclic N) is 1. The largest absolute Gasteiger partial charge is 0.465 e. The van der Waals surface area contributed by atoms with Crippen LogP contribution in [0.15, 0.2) is 54.6 Å². The minimum atomic E-state index is -0.868. The number of thioether (sulfide) groups is 1. The average Bonchev–Trinajstić information content (AvgIpc) is 3.22. The third kappa shape index (κ3) is 3.69. The Labute approximate surface area is 197 Å². The van der Waals surface area contributed by atoms with Gasteiger partial charge < -0.3 is 19.6 Å². The molecule has 5 atom stereocenters. The van der Waals surface area contributed by atoms with Gasteiger partial charge in [-0.3, -0.25) is 14.4 Å². The van der Waals surface area contributed by atoms with E-state index in [0.29, 0.717) is 19.7 Å². The average molecular weight is 469 g/mol. The Bertz CT molecular complexity index is 996. The lowest BCUT2D eigenvalue weighted by Gasteiger charge is -2.35. The van der Waals surface area contributed by atoms with Crippen molar-refractivity contribution in [3.8, 4) is 0 Å². The Morgan fingerprint density at radius 3 is 2.73 bits per heavy atom. The highest BCUT2D eigenvalue weighted by Gasteiger charge is 2.70. The van der Waals surface area contributed by atoms with Gasteiger partial charge in [-0.25, -0.2) is 0 Å². The summed E-state index contributed by atoms with van der Waals surface area (Å²) >= 11 is 1.52. The first-order chi connectivity index (χ1) is 16.1. The van der Waals surface area contributed by atoms with Gasteiger partial charge in [0.1, 0.15) is 6.04 Å². The van der Waals surface area contributed by atoms with Crippen LogP contribution in [0.2, 0.25) is 0 Å². The molecule has 0 aliphatic carbocycles. The molecule has 4 aliphatic heterocycles. The molecule has 2 saturated heterocycles. The first kappa shape index (κ1) is 22.2. The second-order valence-electron chi connectivity index (χ2n) is 8.94. The van der Waals surface area contributed by atoms with E-state index < -0.39 is 22.6 Å². The summed E-state index contributed by atoms with van der Waals surface area (Å²) in [5.74, 6) is -2.12. The van der Waals surface area contributed by atoms with Crippen LogP contribution in [0.1, 0.15) is 18.4 Å². The molecule has 4 aliphatic rings. The summed E-state index contributed by atoms with van der Waals surface area (Å²) in [5, 5.41) is 9.48. The normalized spacial score (nSPS) is 34.5. The van der Waals surface area contributed by atoms with Crippen molar-refractivity contribution in [1.82, 2.24) is 9.80 Å². The third-order valence-electron chi connectivity index (χ3n) is 6.99. The van der Waals surface area contributed by atoms with Crippen molar-refractivity contribution in [2.75, 3.05) is 26.3 Å². The lowest BCUT2D eigenvalue weighted by atomic mass is 9.78. The zero-order valence-corrected chi connectivity index (χ0v) is 19.2. The van der Waals surface area contributed by atoms with Crippen molar-refractivity contribution < 1.29 is 24.2 Å². The molecule has 0 bridgehead atoms. The Morgan fingerprint density at radius 2 is 1.94 bits per heavy atom. The van der Waals surface area contributed by atoms with E-state index in [2.05, 4.69) is 6.08 Å². The van der Waals surface area contributed by atoms with E-state index >= 15 is 0 Å². The van der Waals surface area contributed by atoms with Gasteiger partial charge in [-0.1, -0.05) is 54.6 Å². The minimum Gasteiger partial charge on any atom is -0.465 e. The van der Waals surface area contributed by atoms with Gasteiger partial charge in [0.2, 0.25) is 11.8 Å². The molecule has 1 aromatic carbocycles. The van der Waals surface area contributed by atoms with E-state index in [1.54, 1.807) is 4.90 Å². The molecular formula is C25H28N2O5S. The van der Waals surface area contributed by atoms with Crippen molar-refractivity contribution >= 4 is 29.5 Å². The summed E-state index contributed by atoms with van der Waals surface area (Å²) in [6, 6.07) is 8.98. The van der Waals surface area contributed by atoms with Gasteiger partial charge in [0.15, 0.2) is 0 Å². The van der Waals surface area contributed by atoms with Gasteiger partial charge in [0.25, 0.3) is 0 Å². The fraction of sp³-hybridized carbons (Fsp3) is 0.480. The maximum Gasteiger partial charge on any atom is 0.311 e. The number of hydrogen-bond donors (Lipinski definition) is 1. The first-order valence-electron chi connectivity index (χ1n) is 11.5. The number of aliphatic hydroxyl groups excluding tert-OH is 1. The van der Waals surface area contributed by atoms with Crippen LogP contribution in [0.5, 0.6) is 0 Å². The molecular weight excluding hydrogens is 440 g/mol. The SMILES string of the molecule is O=C1OCCC/C=C\[C@H]2S[C@]34C=CCN(Cc5ccccc5)C(=O)C3N(CCO)C(=O)[C@@H]4[C@@H]12. The zero-order chi connectivity index (χ0) is 23.0. The number of likely N-dealkylation sites (tertiary alicyclic amines) is 1. The topological polar surface area (TPSA) is 87.2 Å². The van der Waals surface area contributed by atoms with Gasteiger partial charge in [0, 0.05) is 24.9 Å². The summed E-state index contributed by atoms with van der Waals surface area (Å²) in [6.07, 6.45) is 9.56. The third-order valence-corrected chi connectivity index (χ3v) is 8.74. The smallest absolute Gasteiger partial charge is 0.311 e. The van der Waals surface area contributed by atoms with Crippen LogP contribution < -0.4 is 0 Å². The van der Waals surface area contributed by atoms with E-state index in [9.17, 15) is 19.5 Å². The lowest BCUT2D eigenvalue weighted by Crippen LogP contribution is -2.53. The van der Waals surface area contributed by atoms with Gasteiger partial charge in [0.05, 0.1) is 29.8 Å².